The molecule has 0 bridgehead atoms. The smallest absolute Gasteiger partial charge is 0.364 e. The average Bonchev–Trinajstić information content (AvgIpc) is 2.27. The number of rotatable bonds is 1. The molecule has 0 spiro atoms. The van der Waals surface area contributed by atoms with Crippen LogP contribution in [0.2, 0.25) is 0 Å². The van der Waals surface area contributed by atoms with Gasteiger partial charge in [-0.2, -0.15) is 13.2 Å². The van der Waals surface area contributed by atoms with Crippen LogP contribution in [0.15, 0.2) is 18.2 Å². The molecule has 1 unspecified atom stereocenters. The number of hydrogen-bond acceptors (Lipinski definition) is 1. The fraction of sp³-hybridized carbons (Fsp3) is 0.500. The topological polar surface area (TPSA) is 9.23 Å². The molecule has 1 aromatic rings. The molecule has 5 heteroatoms. The Labute approximate surface area is 96.4 Å². The van der Waals surface area contributed by atoms with Gasteiger partial charge in [-0.1, -0.05) is 12.1 Å². The molecule has 0 aliphatic heterocycles. The van der Waals surface area contributed by atoms with Crippen molar-refractivity contribution in [3.05, 3.63) is 35.1 Å². The first kappa shape index (κ1) is 12.4. The van der Waals surface area contributed by atoms with E-state index in [0.717, 1.165) is 13.2 Å². The van der Waals surface area contributed by atoms with Crippen molar-refractivity contribution in [3.63, 3.8) is 0 Å². The minimum Gasteiger partial charge on any atom is -0.364 e. The second-order valence-electron chi connectivity index (χ2n) is 4.16. The molecule has 94 valence electrons. The van der Waals surface area contributed by atoms with Crippen molar-refractivity contribution in [1.29, 1.82) is 0 Å². The normalized spacial score (nSPS) is 24.5. The van der Waals surface area contributed by atoms with E-state index in [4.69, 9.17) is 0 Å². The first-order chi connectivity index (χ1) is 7.92. The number of alkyl halides is 3. The number of methoxy groups -OCH3 is 1. The molecule has 1 atom stereocenters. The number of fused-ring (bicyclic) bond motifs is 1. The molecular formula is C12H12F4O. The summed E-state index contributed by atoms with van der Waals surface area (Å²) in [6.45, 7) is 0. The highest BCUT2D eigenvalue weighted by atomic mass is 19.4. The van der Waals surface area contributed by atoms with Crippen LogP contribution in [0.25, 0.3) is 0 Å². The molecule has 2 rings (SSSR count). The van der Waals surface area contributed by atoms with Crippen LogP contribution in [0.5, 0.6) is 0 Å². The SMILES string of the molecule is COC1(C(F)(F)F)CCCc2cccc(F)c21. The molecule has 0 saturated carbocycles. The third-order valence-corrected chi connectivity index (χ3v) is 3.29. The van der Waals surface area contributed by atoms with Gasteiger partial charge in [-0.3, -0.25) is 0 Å². The highest BCUT2D eigenvalue weighted by Crippen LogP contribution is 2.49. The predicted molar refractivity (Wildman–Crippen MR) is 54.1 cm³/mol. The second kappa shape index (κ2) is 3.98. The van der Waals surface area contributed by atoms with Crippen LogP contribution in [0.4, 0.5) is 17.6 Å². The van der Waals surface area contributed by atoms with Gasteiger partial charge in [0.25, 0.3) is 0 Å². The Morgan fingerprint density at radius 2 is 2.00 bits per heavy atom. The first-order valence-corrected chi connectivity index (χ1v) is 5.32. The standard InChI is InChI=1S/C12H12F4O/c1-17-11(12(14,15)16)7-3-5-8-4-2-6-9(13)10(8)11/h2,4,6H,3,5,7H2,1H3. The fourth-order valence-electron chi connectivity index (χ4n) is 2.49. The van der Waals surface area contributed by atoms with Crippen LogP contribution < -0.4 is 0 Å². The summed E-state index contributed by atoms with van der Waals surface area (Å²) in [5, 5.41) is 0. The van der Waals surface area contributed by atoms with Gasteiger partial charge in [0, 0.05) is 12.7 Å². The molecule has 0 N–H and O–H groups in total. The number of hydrogen-bond donors (Lipinski definition) is 0. The number of benzene rings is 1. The van der Waals surface area contributed by atoms with E-state index in [9.17, 15) is 17.6 Å². The zero-order valence-corrected chi connectivity index (χ0v) is 9.27. The van der Waals surface area contributed by atoms with Crippen molar-refractivity contribution < 1.29 is 22.3 Å². The minimum absolute atomic E-state index is 0.235. The van der Waals surface area contributed by atoms with Crippen LogP contribution in [0.3, 0.4) is 0 Å². The number of aryl methyl sites for hydroxylation is 1. The summed E-state index contributed by atoms with van der Waals surface area (Å²) in [5.41, 5.74) is -2.46. The van der Waals surface area contributed by atoms with E-state index >= 15 is 0 Å². The quantitative estimate of drug-likeness (QED) is 0.690. The highest BCUT2D eigenvalue weighted by molar-refractivity contribution is 5.37. The lowest BCUT2D eigenvalue weighted by molar-refractivity contribution is -0.282. The monoisotopic (exact) mass is 248 g/mol. The minimum atomic E-state index is -4.61. The van der Waals surface area contributed by atoms with Gasteiger partial charge in [0.15, 0.2) is 5.60 Å². The van der Waals surface area contributed by atoms with E-state index in [0.29, 0.717) is 18.4 Å². The van der Waals surface area contributed by atoms with Gasteiger partial charge < -0.3 is 4.74 Å². The Kier molecular flexibility index (Phi) is 2.89. The van der Waals surface area contributed by atoms with Crippen molar-refractivity contribution in [1.82, 2.24) is 0 Å². The van der Waals surface area contributed by atoms with Crippen LogP contribution in [-0.2, 0) is 16.8 Å². The van der Waals surface area contributed by atoms with Gasteiger partial charge in [-0.15, -0.1) is 0 Å². The van der Waals surface area contributed by atoms with E-state index in [1.165, 1.54) is 12.1 Å². The first-order valence-electron chi connectivity index (χ1n) is 5.32. The summed E-state index contributed by atoms with van der Waals surface area (Å²) in [6.07, 6.45) is -4.06. The van der Waals surface area contributed by atoms with Crippen molar-refractivity contribution >= 4 is 0 Å². The lowest BCUT2D eigenvalue weighted by atomic mass is 9.78. The van der Waals surface area contributed by atoms with Crippen molar-refractivity contribution in [2.75, 3.05) is 7.11 Å². The van der Waals surface area contributed by atoms with Gasteiger partial charge in [0.05, 0.1) is 0 Å². The molecule has 0 heterocycles. The molecule has 0 radical (unpaired) electrons. The van der Waals surface area contributed by atoms with Crippen molar-refractivity contribution in [2.45, 2.75) is 31.0 Å². The van der Waals surface area contributed by atoms with E-state index in [1.807, 2.05) is 0 Å². The molecule has 0 amide bonds. The molecule has 0 aromatic heterocycles. The van der Waals surface area contributed by atoms with Gasteiger partial charge in [-0.25, -0.2) is 4.39 Å². The van der Waals surface area contributed by atoms with E-state index in [2.05, 4.69) is 4.74 Å². The summed E-state index contributed by atoms with van der Waals surface area (Å²) < 4.78 is 57.9. The molecule has 1 aromatic carbocycles. The summed E-state index contributed by atoms with van der Waals surface area (Å²) in [7, 11) is 0.981. The number of halogens is 4. The Bertz CT molecular complexity index is 427. The molecule has 1 aliphatic rings. The Balaban J connectivity index is 2.67. The van der Waals surface area contributed by atoms with Crippen molar-refractivity contribution in [2.24, 2.45) is 0 Å². The summed E-state index contributed by atoms with van der Waals surface area (Å²) in [6, 6.07) is 4.00. The van der Waals surface area contributed by atoms with Gasteiger partial charge in [0.1, 0.15) is 5.82 Å². The lowest BCUT2D eigenvalue weighted by Crippen LogP contribution is -2.47. The highest BCUT2D eigenvalue weighted by Gasteiger charge is 2.59. The number of ether oxygens (including phenoxy) is 1. The Hall–Kier alpha value is -1.10. The van der Waals surface area contributed by atoms with Gasteiger partial charge >= 0.3 is 6.18 Å². The molecule has 0 saturated heterocycles. The maximum Gasteiger partial charge on any atom is 0.421 e. The third kappa shape index (κ3) is 1.73. The molecule has 0 fully saturated rings. The average molecular weight is 248 g/mol. The predicted octanol–water partition coefficient (Wildman–Crippen LogP) is 3.57. The second-order valence-corrected chi connectivity index (χ2v) is 4.16. The third-order valence-electron chi connectivity index (χ3n) is 3.29. The van der Waals surface area contributed by atoms with Crippen LogP contribution in [-0.4, -0.2) is 13.3 Å². The van der Waals surface area contributed by atoms with Crippen LogP contribution in [0, 0.1) is 5.82 Å². The largest absolute Gasteiger partial charge is 0.421 e. The molecule has 1 aliphatic carbocycles. The van der Waals surface area contributed by atoms with E-state index < -0.39 is 17.6 Å². The van der Waals surface area contributed by atoms with E-state index in [-0.39, 0.29) is 12.0 Å². The molecule has 1 nitrogen and oxygen atoms in total. The van der Waals surface area contributed by atoms with Gasteiger partial charge in [-0.05, 0) is 30.9 Å². The van der Waals surface area contributed by atoms with Crippen LogP contribution >= 0.6 is 0 Å². The Morgan fingerprint density at radius 1 is 1.29 bits per heavy atom. The maximum absolute atomic E-state index is 13.7. The van der Waals surface area contributed by atoms with E-state index in [1.54, 1.807) is 0 Å². The lowest BCUT2D eigenvalue weighted by Gasteiger charge is -2.39. The summed E-state index contributed by atoms with van der Waals surface area (Å²) >= 11 is 0. The van der Waals surface area contributed by atoms with Gasteiger partial charge in [0.2, 0.25) is 0 Å². The fourth-order valence-corrected chi connectivity index (χ4v) is 2.49. The summed E-state index contributed by atoms with van der Waals surface area (Å²) in [5.74, 6) is -0.846. The molecular weight excluding hydrogens is 236 g/mol. The zero-order chi connectivity index (χ0) is 12.7. The summed E-state index contributed by atoms with van der Waals surface area (Å²) in [4.78, 5) is 0. The maximum atomic E-state index is 13.7. The molecule has 17 heavy (non-hydrogen) atoms. The van der Waals surface area contributed by atoms with Crippen LogP contribution in [0.1, 0.15) is 24.0 Å². The van der Waals surface area contributed by atoms with Crippen molar-refractivity contribution in [3.8, 4) is 0 Å². The Morgan fingerprint density at radius 3 is 2.59 bits per heavy atom. The zero-order valence-electron chi connectivity index (χ0n) is 9.27.